The van der Waals surface area contributed by atoms with E-state index in [0.717, 1.165) is 26.6 Å². The van der Waals surface area contributed by atoms with Crippen LogP contribution in [0.5, 0.6) is 5.75 Å². The van der Waals surface area contributed by atoms with Crippen molar-refractivity contribution in [3.05, 3.63) is 60.1 Å². The van der Waals surface area contributed by atoms with Gasteiger partial charge >= 0.3 is 5.97 Å². The fourth-order valence-corrected chi connectivity index (χ4v) is 3.82. The van der Waals surface area contributed by atoms with Crippen LogP contribution in [0.15, 0.2) is 65.2 Å². The van der Waals surface area contributed by atoms with Crippen LogP contribution < -0.4 is 10.1 Å². The van der Waals surface area contributed by atoms with Crippen LogP contribution in [0.4, 0.5) is 11.5 Å². The molecule has 0 unspecified atom stereocenters. The molecule has 154 valence electrons. The molecule has 2 heterocycles. The molecular weight excluding hydrogens is 445 g/mol. The number of imidazole rings is 1. The summed E-state index contributed by atoms with van der Waals surface area (Å²) in [5.74, 6) is 0.635. The molecule has 0 radical (unpaired) electrons. The number of carbonyl (C=O) groups excluding carboxylic acids is 1. The highest BCUT2D eigenvalue weighted by Crippen LogP contribution is 2.35. The predicted octanol–water partition coefficient (Wildman–Crippen LogP) is 5.26. The summed E-state index contributed by atoms with van der Waals surface area (Å²) in [6, 6.07) is 10.9. The van der Waals surface area contributed by atoms with Gasteiger partial charge in [-0.1, -0.05) is 23.4 Å². The van der Waals surface area contributed by atoms with Crippen LogP contribution in [0.1, 0.15) is 6.92 Å². The number of nitrogens with one attached hydrogen (secondary N) is 1. The number of carbonyl (C=O) groups is 1. The Kier molecular flexibility index (Phi) is 6.81. The molecule has 1 N–H and O–H groups in total. The van der Waals surface area contributed by atoms with Gasteiger partial charge in [0.15, 0.2) is 5.16 Å². The van der Waals surface area contributed by atoms with Crippen molar-refractivity contribution >= 4 is 64.1 Å². The number of benzene rings is 2. The minimum atomic E-state index is -0.386. The number of aryl methyl sites for hydroxylation is 1. The van der Waals surface area contributed by atoms with E-state index in [2.05, 4.69) is 20.3 Å². The Morgan fingerprint density at radius 3 is 2.70 bits per heavy atom. The van der Waals surface area contributed by atoms with Gasteiger partial charge in [0.1, 0.15) is 17.9 Å². The third-order valence-electron chi connectivity index (χ3n) is 4.04. The number of aromatic nitrogens is 4. The number of nitrogens with zero attached hydrogens (tertiary/aromatic N) is 4. The fourth-order valence-electron chi connectivity index (χ4n) is 2.71. The standard InChI is InChI=1S/C20H16ClN5O2S.ClH/c1-12(27)28-14-4-5-17-15(10-14)19(24-11-23-17)25-13-3-6-18(16(21)9-13)29-20-22-7-8-26(20)2;/h3-11H,1-2H3,(H,23,24,25);1H. The zero-order chi connectivity index (χ0) is 20.4. The second-order valence-electron chi connectivity index (χ2n) is 6.19. The monoisotopic (exact) mass is 461 g/mol. The van der Waals surface area contributed by atoms with Gasteiger partial charge in [0.05, 0.1) is 10.5 Å². The molecule has 4 rings (SSSR count). The molecule has 0 bridgehead atoms. The number of hydrogen-bond acceptors (Lipinski definition) is 7. The van der Waals surface area contributed by atoms with E-state index in [1.807, 2.05) is 36.0 Å². The average Bonchev–Trinajstić information content (AvgIpc) is 3.08. The van der Waals surface area contributed by atoms with Gasteiger partial charge in [-0.05, 0) is 36.4 Å². The molecule has 0 fully saturated rings. The van der Waals surface area contributed by atoms with Crippen LogP contribution in [-0.4, -0.2) is 25.5 Å². The summed E-state index contributed by atoms with van der Waals surface area (Å²) in [7, 11) is 1.93. The van der Waals surface area contributed by atoms with Gasteiger partial charge in [0, 0.05) is 42.3 Å². The van der Waals surface area contributed by atoms with Crippen LogP contribution in [0, 0.1) is 0 Å². The van der Waals surface area contributed by atoms with Crippen molar-refractivity contribution in [1.82, 2.24) is 19.5 Å². The number of halogens is 2. The van der Waals surface area contributed by atoms with E-state index < -0.39 is 0 Å². The van der Waals surface area contributed by atoms with Gasteiger partial charge in [-0.25, -0.2) is 15.0 Å². The molecule has 2 aromatic carbocycles. The second-order valence-corrected chi connectivity index (χ2v) is 7.60. The van der Waals surface area contributed by atoms with Gasteiger partial charge in [-0.3, -0.25) is 4.79 Å². The molecule has 4 aromatic rings. The van der Waals surface area contributed by atoms with E-state index in [9.17, 15) is 4.79 Å². The minimum Gasteiger partial charge on any atom is -0.427 e. The zero-order valence-electron chi connectivity index (χ0n) is 16.0. The topological polar surface area (TPSA) is 81.9 Å². The Labute approximate surface area is 188 Å². The first-order valence-corrected chi connectivity index (χ1v) is 9.84. The molecule has 0 atom stereocenters. The lowest BCUT2D eigenvalue weighted by Gasteiger charge is -2.11. The van der Waals surface area contributed by atoms with Crippen molar-refractivity contribution in [2.75, 3.05) is 5.32 Å². The number of esters is 1. The molecular formula is C20H17Cl2N5O2S. The van der Waals surface area contributed by atoms with Crippen LogP contribution >= 0.6 is 35.8 Å². The van der Waals surface area contributed by atoms with E-state index in [1.165, 1.54) is 25.0 Å². The van der Waals surface area contributed by atoms with Crippen LogP contribution in [-0.2, 0) is 11.8 Å². The van der Waals surface area contributed by atoms with E-state index in [4.69, 9.17) is 16.3 Å². The van der Waals surface area contributed by atoms with E-state index >= 15 is 0 Å². The molecule has 2 aromatic heterocycles. The Hall–Kier alpha value is -2.81. The Morgan fingerprint density at radius 2 is 2.00 bits per heavy atom. The maximum Gasteiger partial charge on any atom is 0.308 e. The minimum absolute atomic E-state index is 0. The van der Waals surface area contributed by atoms with E-state index in [0.29, 0.717) is 16.6 Å². The second kappa shape index (κ2) is 9.34. The summed E-state index contributed by atoms with van der Waals surface area (Å²) in [6.07, 6.45) is 5.11. The fraction of sp³-hybridized carbons (Fsp3) is 0.100. The van der Waals surface area contributed by atoms with Crippen LogP contribution in [0.3, 0.4) is 0 Å². The summed E-state index contributed by atoms with van der Waals surface area (Å²) < 4.78 is 7.10. The molecule has 0 aliphatic rings. The maximum atomic E-state index is 11.2. The van der Waals surface area contributed by atoms with Gasteiger partial charge in [0.25, 0.3) is 0 Å². The van der Waals surface area contributed by atoms with Crippen LogP contribution in [0.2, 0.25) is 5.02 Å². The summed E-state index contributed by atoms with van der Waals surface area (Å²) in [5, 5.41) is 5.44. The quantitative estimate of drug-likeness (QED) is 0.320. The molecule has 30 heavy (non-hydrogen) atoms. The van der Waals surface area contributed by atoms with Crippen LogP contribution in [0.25, 0.3) is 10.9 Å². The van der Waals surface area contributed by atoms with Crippen molar-refractivity contribution < 1.29 is 9.53 Å². The number of rotatable bonds is 5. The number of anilines is 2. The number of hydrogen-bond donors (Lipinski definition) is 1. The highest BCUT2D eigenvalue weighted by atomic mass is 35.5. The Balaban J connectivity index is 0.00000256. The Morgan fingerprint density at radius 1 is 1.17 bits per heavy atom. The average molecular weight is 462 g/mol. The van der Waals surface area contributed by atoms with Crippen molar-refractivity contribution in [1.29, 1.82) is 0 Å². The van der Waals surface area contributed by atoms with E-state index in [-0.39, 0.29) is 18.4 Å². The molecule has 0 amide bonds. The third kappa shape index (κ3) is 4.84. The summed E-state index contributed by atoms with van der Waals surface area (Å²) >= 11 is 7.97. The highest BCUT2D eigenvalue weighted by molar-refractivity contribution is 7.99. The molecule has 10 heteroatoms. The molecule has 0 saturated heterocycles. The van der Waals surface area contributed by atoms with Crippen molar-refractivity contribution in [2.45, 2.75) is 17.0 Å². The highest BCUT2D eigenvalue weighted by Gasteiger charge is 2.10. The molecule has 7 nitrogen and oxygen atoms in total. The van der Waals surface area contributed by atoms with Crippen molar-refractivity contribution in [3.8, 4) is 5.75 Å². The molecule has 0 aliphatic heterocycles. The lowest BCUT2D eigenvalue weighted by Crippen LogP contribution is -2.02. The summed E-state index contributed by atoms with van der Waals surface area (Å²) in [6.45, 7) is 1.36. The van der Waals surface area contributed by atoms with E-state index in [1.54, 1.807) is 24.4 Å². The van der Waals surface area contributed by atoms with Gasteiger partial charge < -0.3 is 14.6 Å². The maximum absolute atomic E-state index is 11.2. The van der Waals surface area contributed by atoms with Gasteiger partial charge in [0.2, 0.25) is 0 Å². The molecule has 0 spiro atoms. The lowest BCUT2D eigenvalue weighted by atomic mass is 10.2. The lowest BCUT2D eigenvalue weighted by molar-refractivity contribution is -0.131. The third-order valence-corrected chi connectivity index (χ3v) is 5.62. The first kappa shape index (κ1) is 21.9. The zero-order valence-corrected chi connectivity index (χ0v) is 18.4. The first-order chi connectivity index (χ1) is 14.0. The smallest absolute Gasteiger partial charge is 0.308 e. The number of ether oxygens (including phenoxy) is 1. The SMILES string of the molecule is CC(=O)Oc1ccc2ncnc(Nc3ccc(Sc4nccn4C)c(Cl)c3)c2c1.Cl. The van der Waals surface area contributed by atoms with Gasteiger partial charge in [-0.15, -0.1) is 12.4 Å². The predicted molar refractivity (Wildman–Crippen MR) is 120 cm³/mol. The normalized spacial score (nSPS) is 10.5. The molecule has 0 saturated carbocycles. The first-order valence-electron chi connectivity index (χ1n) is 8.64. The van der Waals surface area contributed by atoms with Crippen molar-refractivity contribution in [2.24, 2.45) is 7.05 Å². The number of fused-ring (bicyclic) bond motifs is 1. The largest absolute Gasteiger partial charge is 0.427 e. The van der Waals surface area contributed by atoms with Gasteiger partial charge in [-0.2, -0.15) is 0 Å². The molecule has 0 aliphatic carbocycles. The summed E-state index contributed by atoms with van der Waals surface area (Å²) in [5.41, 5.74) is 1.50. The summed E-state index contributed by atoms with van der Waals surface area (Å²) in [4.78, 5) is 25.0. The Bertz CT molecular complexity index is 1220. The van der Waals surface area contributed by atoms with Crippen molar-refractivity contribution in [3.63, 3.8) is 0 Å².